The van der Waals surface area contributed by atoms with Crippen LogP contribution >= 0.6 is 22.9 Å². The molecule has 3 aromatic rings. The first-order valence-corrected chi connectivity index (χ1v) is 7.96. The molecule has 6 heteroatoms. The highest BCUT2D eigenvalue weighted by molar-refractivity contribution is 7.21. The van der Waals surface area contributed by atoms with Crippen LogP contribution in [0.5, 0.6) is 0 Å². The number of esters is 1. The molecule has 2 aromatic carbocycles. The largest absolute Gasteiger partial charge is 0.465 e. The molecule has 0 saturated heterocycles. The topological polar surface area (TPSA) is 55.4 Å². The van der Waals surface area contributed by atoms with Crippen LogP contribution in [0.15, 0.2) is 48.5 Å². The average Bonchev–Trinajstić information content (AvgIpc) is 2.91. The number of benzene rings is 2. The van der Waals surface area contributed by atoms with E-state index >= 15 is 0 Å². The predicted octanol–water partition coefficient (Wildman–Crippen LogP) is 4.59. The van der Waals surface area contributed by atoms with Crippen LogP contribution in [0.2, 0.25) is 5.02 Å². The van der Waals surface area contributed by atoms with Gasteiger partial charge in [-0.25, -0.2) is 4.79 Å². The Morgan fingerprint density at radius 2 is 1.87 bits per heavy atom. The van der Waals surface area contributed by atoms with Crippen molar-refractivity contribution in [1.82, 2.24) is 0 Å². The van der Waals surface area contributed by atoms with Crippen LogP contribution in [0.1, 0.15) is 20.0 Å². The highest BCUT2D eigenvalue weighted by Gasteiger charge is 2.18. The van der Waals surface area contributed by atoms with Gasteiger partial charge < -0.3 is 10.1 Å². The zero-order valence-corrected chi connectivity index (χ0v) is 13.7. The molecule has 3 rings (SSSR count). The van der Waals surface area contributed by atoms with Gasteiger partial charge in [-0.15, -0.1) is 11.3 Å². The van der Waals surface area contributed by atoms with Crippen molar-refractivity contribution >= 4 is 50.6 Å². The third-order valence-electron chi connectivity index (χ3n) is 3.29. The van der Waals surface area contributed by atoms with Gasteiger partial charge in [-0.2, -0.15) is 0 Å². The molecule has 0 spiro atoms. The molecule has 1 heterocycles. The number of para-hydroxylation sites is 1. The number of carbonyl (C=O) groups is 2. The number of rotatable bonds is 3. The summed E-state index contributed by atoms with van der Waals surface area (Å²) >= 11 is 7.56. The van der Waals surface area contributed by atoms with Gasteiger partial charge in [0.2, 0.25) is 0 Å². The lowest BCUT2D eigenvalue weighted by Crippen LogP contribution is -2.10. The van der Waals surface area contributed by atoms with Crippen molar-refractivity contribution < 1.29 is 14.3 Å². The van der Waals surface area contributed by atoms with Gasteiger partial charge in [0.1, 0.15) is 4.88 Å². The summed E-state index contributed by atoms with van der Waals surface area (Å²) in [6.07, 6.45) is 0. The second-order valence-electron chi connectivity index (χ2n) is 4.77. The van der Waals surface area contributed by atoms with E-state index in [4.69, 9.17) is 16.3 Å². The van der Waals surface area contributed by atoms with Gasteiger partial charge in [-0.1, -0.05) is 35.9 Å². The minimum atomic E-state index is -0.424. The van der Waals surface area contributed by atoms with E-state index in [1.54, 1.807) is 30.3 Å². The number of hydrogen-bond acceptors (Lipinski definition) is 4. The first-order chi connectivity index (χ1) is 11.1. The zero-order chi connectivity index (χ0) is 16.4. The molecule has 0 fully saturated rings. The van der Waals surface area contributed by atoms with Crippen LogP contribution in [-0.2, 0) is 4.74 Å². The summed E-state index contributed by atoms with van der Waals surface area (Å²) in [4.78, 5) is 24.4. The highest BCUT2D eigenvalue weighted by Crippen LogP contribution is 2.36. The van der Waals surface area contributed by atoms with Gasteiger partial charge in [0, 0.05) is 15.8 Å². The number of fused-ring (bicyclic) bond motifs is 1. The van der Waals surface area contributed by atoms with E-state index in [-0.39, 0.29) is 5.91 Å². The predicted molar refractivity (Wildman–Crippen MR) is 92.6 cm³/mol. The maximum atomic E-state index is 12.4. The van der Waals surface area contributed by atoms with Crippen LogP contribution < -0.4 is 5.32 Å². The van der Waals surface area contributed by atoms with Gasteiger partial charge in [0.25, 0.3) is 5.91 Å². The number of anilines is 1. The Morgan fingerprint density at radius 1 is 1.13 bits per heavy atom. The Hall–Kier alpha value is -2.37. The van der Waals surface area contributed by atoms with Crippen molar-refractivity contribution in [3.8, 4) is 0 Å². The number of nitrogens with one attached hydrogen (secondary N) is 1. The SMILES string of the molecule is COC(=O)c1ccc2c(Cl)c(C(=O)Nc3ccccc3)sc2c1. The van der Waals surface area contributed by atoms with Crippen LogP contribution in [0.4, 0.5) is 5.69 Å². The molecule has 0 bridgehead atoms. The normalized spacial score (nSPS) is 10.5. The van der Waals surface area contributed by atoms with Crippen LogP contribution in [0, 0.1) is 0 Å². The molecule has 1 amide bonds. The van der Waals surface area contributed by atoms with Gasteiger partial charge in [0.15, 0.2) is 0 Å². The Labute approximate surface area is 141 Å². The second-order valence-corrected chi connectivity index (χ2v) is 6.20. The van der Waals surface area contributed by atoms with Gasteiger partial charge in [0.05, 0.1) is 17.7 Å². The monoisotopic (exact) mass is 345 g/mol. The maximum absolute atomic E-state index is 12.4. The summed E-state index contributed by atoms with van der Waals surface area (Å²) in [6, 6.07) is 14.2. The lowest BCUT2D eigenvalue weighted by Gasteiger charge is -2.03. The molecule has 23 heavy (non-hydrogen) atoms. The second kappa shape index (κ2) is 6.40. The summed E-state index contributed by atoms with van der Waals surface area (Å²) in [7, 11) is 1.33. The molecule has 0 aliphatic rings. The Morgan fingerprint density at radius 3 is 2.57 bits per heavy atom. The van der Waals surface area contributed by atoms with E-state index in [9.17, 15) is 9.59 Å². The Balaban J connectivity index is 1.96. The lowest BCUT2D eigenvalue weighted by molar-refractivity contribution is 0.0601. The lowest BCUT2D eigenvalue weighted by atomic mass is 10.1. The van der Waals surface area contributed by atoms with Gasteiger partial charge >= 0.3 is 5.97 Å². The average molecular weight is 346 g/mol. The van der Waals surface area contributed by atoms with Gasteiger partial charge in [-0.3, -0.25) is 4.79 Å². The third-order valence-corrected chi connectivity index (χ3v) is 4.94. The van der Waals surface area contributed by atoms with E-state index in [0.717, 1.165) is 10.1 Å². The van der Waals surface area contributed by atoms with Crippen molar-refractivity contribution in [2.45, 2.75) is 0 Å². The molecule has 0 atom stereocenters. The molecule has 0 saturated carbocycles. The summed E-state index contributed by atoms with van der Waals surface area (Å²) < 4.78 is 5.46. The van der Waals surface area contributed by atoms with Crippen molar-refractivity contribution in [2.75, 3.05) is 12.4 Å². The standard InChI is InChI=1S/C17H12ClNO3S/c1-22-17(21)10-7-8-12-13(9-10)23-15(14(12)18)16(20)19-11-5-3-2-4-6-11/h2-9H,1H3,(H,19,20). The fourth-order valence-electron chi connectivity index (χ4n) is 2.17. The van der Waals surface area contributed by atoms with Crippen molar-refractivity contribution in [2.24, 2.45) is 0 Å². The number of halogens is 1. The summed E-state index contributed by atoms with van der Waals surface area (Å²) in [5, 5.41) is 3.93. The molecule has 0 aliphatic carbocycles. The first-order valence-electron chi connectivity index (χ1n) is 6.77. The van der Waals surface area contributed by atoms with E-state index in [1.807, 2.05) is 18.2 Å². The minimum absolute atomic E-state index is 0.276. The molecule has 0 unspecified atom stereocenters. The fourth-order valence-corrected chi connectivity index (χ4v) is 3.62. The maximum Gasteiger partial charge on any atom is 0.337 e. The molecular formula is C17H12ClNO3S. The molecule has 0 radical (unpaired) electrons. The molecule has 4 nitrogen and oxygen atoms in total. The van der Waals surface area contributed by atoms with E-state index in [0.29, 0.717) is 21.2 Å². The Bertz CT molecular complexity index is 889. The van der Waals surface area contributed by atoms with E-state index < -0.39 is 5.97 Å². The molecule has 0 aliphatic heterocycles. The third kappa shape index (κ3) is 3.06. The zero-order valence-electron chi connectivity index (χ0n) is 12.1. The van der Waals surface area contributed by atoms with Crippen molar-refractivity contribution in [1.29, 1.82) is 0 Å². The number of methoxy groups -OCH3 is 1. The van der Waals surface area contributed by atoms with Crippen LogP contribution in [-0.4, -0.2) is 19.0 Å². The highest BCUT2D eigenvalue weighted by atomic mass is 35.5. The number of ether oxygens (including phenoxy) is 1. The number of thiophene rings is 1. The first kappa shape index (κ1) is 15.5. The minimum Gasteiger partial charge on any atom is -0.465 e. The summed E-state index contributed by atoms with van der Waals surface area (Å²) in [5.41, 5.74) is 1.12. The number of hydrogen-bond donors (Lipinski definition) is 1. The van der Waals surface area contributed by atoms with Crippen molar-refractivity contribution in [3.63, 3.8) is 0 Å². The summed E-state index contributed by atoms with van der Waals surface area (Å²) in [5.74, 6) is -0.700. The van der Waals surface area contributed by atoms with E-state index in [1.165, 1.54) is 18.4 Å². The van der Waals surface area contributed by atoms with E-state index in [2.05, 4.69) is 5.32 Å². The fraction of sp³-hybridized carbons (Fsp3) is 0.0588. The smallest absolute Gasteiger partial charge is 0.337 e. The molecule has 116 valence electrons. The van der Waals surface area contributed by atoms with Crippen molar-refractivity contribution in [3.05, 3.63) is 64.0 Å². The Kier molecular flexibility index (Phi) is 4.32. The number of amides is 1. The quantitative estimate of drug-likeness (QED) is 0.706. The molecule has 1 N–H and O–H groups in total. The van der Waals surface area contributed by atoms with Crippen LogP contribution in [0.3, 0.4) is 0 Å². The molecular weight excluding hydrogens is 334 g/mol. The summed E-state index contributed by atoms with van der Waals surface area (Å²) in [6.45, 7) is 0. The molecule has 1 aromatic heterocycles. The van der Waals surface area contributed by atoms with Crippen LogP contribution in [0.25, 0.3) is 10.1 Å². The number of carbonyl (C=O) groups excluding carboxylic acids is 2. The van der Waals surface area contributed by atoms with Gasteiger partial charge in [-0.05, 0) is 24.3 Å².